The summed E-state index contributed by atoms with van der Waals surface area (Å²) in [4.78, 5) is 2.74. The average Bonchev–Trinajstić information content (AvgIpc) is 1.76. The van der Waals surface area contributed by atoms with Crippen LogP contribution in [0.2, 0.25) is 0 Å². The quantitative estimate of drug-likeness (QED) is 0.406. The zero-order valence-electron chi connectivity index (χ0n) is 3.73. The minimum Gasteiger partial charge on any atom is -0.484 e. The van der Waals surface area contributed by atoms with Gasteiger partial charge in [0.1, 0.15) is 0 Å². The summed E-state index contributed by atoms with van der Waals surface area (Å²) in [6, 6.07) is 3.71. The van der Waals surface area contributed by atoms with E-state index in [1.54, 1.807) is 0 Å². The van der Waals surface area contributed by atoms with E-state index in [-0.39, 0.29) is 58.2 Å². The number of hydrogen-bond acceptors (Lipinski definition) is 0. The molecule has 0 aliphatic rings. The summed E-state index contributed by atoms with van der Waals surface area (Å²) in [5.74, 6) is 0. The van der Waals surface area contributed by atoms with Crippen molar-refractivity contribution in [1.29, 1.82) is 0 Å². The third-order valence-corrected chi connectivity index (χ3v) is 0.442. The minimum atomic E-state index is 0. The fourth-order valence-corrected chi connectivity index (χ4v) is 0.241. The number of hydrogen-bond donors (Lipinski definition) is 1. The molecule has 1 nitrogen and oxygen atoms in total. The Morgan fingerprint density at radius 1 is 1.50 bits per heavy atom. The van der Waals surface area contributed by atoms with Crippen LogP contribution in [0.4, 0.5) is 0 Å². The molecule has 0 spiro atoms. The van der Waals surface area contributed by atoms with Gasteiger partial charge in [-0.2, -0.15) is 18.3 Å². The Morgan fingerprint density at radius 3 is 2.50 bits per heavy atom. The number of aromatic nitrogens is 1. The molecule has 1 N–H and O–H groups in total. The summed E-state index contributed by atoms with van der Waals surface area (Å²) < 4.78 is 0. The van der Waals surface area contributed by atoms with Gasteiger partial charge in [0.2, 0.25) is 0 Å². The summed E-state index contributed by atoms with van der Waals surface area (Å²) in [6.07, 6.45) is 4.56. The average molecular weight is 152 g/mol. The molecule has 0 aliphatic heterocycles. The van der Waals surface area contributed by atoms with Gasteiger partial charge in [0.25, 0.3) is 0 Å². The van der Waals surface area contributed by atoms with Crippen LogP contribution in [-0.2, 0) is 0 Å². The van der Waals surface area contributed by atoms with E-state index in [2.05, 4.69) is 11.2 Å². The van der Waals surface area contributed by atoms with E-state index in [0.29, 0.717) is 0 Å². The third kappa shape index (κ3) is 2.29. The largest absolute Gasteiger partial charge is 1.00 e. The van der Waals surface area contributed by atoms with Crippen LogP contribution in [0.5, 0.6) is 0 Å². The molecule has 0 radical (unpaired) electrons. The Balaban J connectivity index is 0.000000250. The molecule has 0 aliphatic carbocycles. The van der Waals surface area contributed by atoms with Crippen molar-refractivity contribution in [3.8, 4) is 0 Å². The molecule has 0 saturated carbocycles. The van der Waals surface area contributed by atoms with E-state index in [4.69, 9.17) is 0 Å². The molecule has 0 unspecified atom stereocenters. The zero-order valence-corrected chi connectivity index (χ0v) is 8.65. The summed E-state index contributed by atoms with van der Waals surface area (Å²) in [5, 5.41) is 0. The molecule has 1 aromatic rings. The van der Waals surface area contributed by atoms with Gasteiger partial charge in [-0.1, -0.05) is 0 Å². The summed E-state index contributed by atoms with van der Waals surface area (Å²) in [7, 11) is 0. The van der Waals surface area contributed by atoms with Crippen LogP contribution in [0.3, 0.4) is 0 Å². The van der Waals surface area contributed by atoms with Crippen molar-refractivity contribution in [2.45, 2.75) is 0 Å². The zero-order chi connectivity index (χ0) is 3.54. The molecule has 0 aromatic carbocycles. The van der Waals surface area contributed by atoms with E-state index < -0.39 is 0 Å². The van der Waals surface area contributed by atoms with Crippen LogP contribution < -0.4 is 58.2 Å². The Labute approximate surface area is 85.9 Å². The number of H-pyrrole nitrogens is 1. The van der Waals surface area contributed by atoms with Crippen molar-refractivity contribution < 1.29 is 58.2 Å². The smallest absolute Gasteiger partial charge is 0.484 e. The van der Waals surface area contributed by atoms with Crippen LogP contribution >= 0.6 is 0 Å². The van der Waals surface area contributed by atoms with Crippen LogP contribution in [0.25, 0.3) is 0 Å². The van der Waals surface area contributed by atoms with Crippen LogP contribution in [0, 0.1) is 6.20 Å². The first-order chi connectivity index (χ1) is 2.50. The fourth-order valence-electron chi connectivity index (χ4n) is 0.241. The first-order valence-electron chi connectivity index (χ1n) is 1.49. The molecular weight excluding hydrogens is 148 g/mol. The molecule has 6 heavy (non-hydrogen) atoms. The van der Waals surface area contributed by atoms with Crippen molar-refractivity contribution in [1.82, 2.24) is 4.98 Å². The van der Waals surface area contributed by atoms with Gasteiger partial charge in [0, 0.05) is 0 Å². The molecule has 1 aromatic heterocycles. The maximum atomic E-state index is 2.74. The molecule has 0 fully saturated rings. The van der Waals surface area contributed by atoms with E-state index in [9.17, 15) is 0 Å². The standard InChI is InChI=1S/C4H4N.Rb/c1-2-4-5-3-1;/h1-3,5H;/q-1;+1. The van der Waals surface area contributed by atoms with Gasteiger partial charge in [0.15, 0.2) is 0 Å². The number of nitrogens with one attached hydrogen (secondary N) is 1. The maximum Gasteiger partial charge on any atom is 1.00 e. The summed E-state index contributed by atoms with van der Waals surface area (Å²) in [6.45, 7) is 0. The Kier molecular flexibility index (Phi) is 5.02. The molecular formula is C4H4NRb. The Hall–Kier alpha value is 1.09. The second-order valence-corrected chi connectivity index (χ2v) is 0.814. The Morgan fingerprint density at radius 2 is 2.33 bits per heavy atom. The first kappa shape index (κ1) is 7.09. The van der Waals surface area contributed by atoms with Gasteiger partial charge in [0.05, 0.1) is 0 Å². The first-order valence-corrected chi connectivity index (χ1v) is 1.49. The van der Waals surface area contributed by atoms with Gasteiger partial charge in [-0.05, 0) is 0 Å². The molecule has 0 amide bonds. The predicted octanol–water partition coefficient (Wildman–Crippen LogP) is -2.18. The molecule has 26 valence electrons. The number of rotatable bonds is 0. The van der Waals surface area contributed by atoms with Gasteiger partial charge in [-0.3, -0.25) is 0 Å². The third-order valence-electron chi connectivity index (χ3n) is 0.442. The summed E-state index contributed by atoms with van der Waals surface area (Å²) in [5.41, 5.74) is 0. The van der Waals surface area contributed by atoms with E-state index in [0.717, 1.165) is 0 Å². The van der Waals surface area contributed by atoms with Crippen molar-refractivity contribution in [3.63, 3.8) is 0 Å². The van der Waals surface area contributed by atoms with E-state index in [1.165, 1.54) is 0 Å². The summed E-state index contributed by atoms with van der Waals surface area (Å²) >= 11 is 0. The van der Waals surface area contributed by atoms with Crippen LogP contribution in [-0.4, -0.2) is 4.98 Å². The topological polar surface area (TPSA) is 15.8 Å². The van der Waals surface area contributed by atoms with Crippen molar-refractivity contribution in [2.24, 2.45) is 0 Å². The van der Waals surface area contributed by atoms with Gasteiger partial charge >= 0.3 is 58.2 Å². The van der Waals surface area contributed by atoms with Gasteiger partial charge < -0.3 is 4.98 Å². The Bertz CT molecular complexity index is 64.0. The fraction of sp³-hybridized carbons (Fsp3) is 0. The SMILES string of the molecule is [Rb+].[c-]1ccc[nH]1. The molecule has 2 heteroatoms. The van der Waals surface area contributed by atoms with Crippen LogP contribution in [0.1, 0.15) is 0 Å². The maximum absolute atomic E-state index is 2.74. The van der Waals surface area contributed by atoms with Crippen LogP contribution in [0.15, 0.2) is 18.3 Å². The number of aromatic amines is 1. The normalized spacial score (nSPS) is 6.67. The van der Waals surface area contributed by atoms with Crippen molar-refractivity contribution in [2.75, 3.05) is 0 Å². The monoisotopic (exact) mass is 151 g/mol. The molecule has 1 heterocycles. The molecule has 0 saturated heterocycles. The van der Waals surface area contributed by atoms with Crippen molar-refractivity contribution >= 4 is 0 Å². The minimum absolute atomic E-state index is 0. The van der Waals surface area contributed by atoms with Crippen molar-refractivity contribution in [3.05, 3.63) is 24.5 Å². The second kappa shape index (κ2) is 4.25. The predicted molar refractivity (Wildman–Crippen MR) is 19.6 cm³/mol. The van der Waals surface area contributed by atoms with Gasteiger partial charge in [-0.25, -0.2) is 0 Å². The molecule has 0 bridgehead atoms. The second-order valence-electron chi connectivity index (χ2n) is 0.814. The van der Waals surface area contributed by atoms with E-state index in [1.807, 2.05) is 18.3 Å². The van der Waals surface area contributed by atoms with Gasteiger partial charge in [-0.15, -0.1) is 6.20 Å². The molecule has 0 atom stereocenters. The van der Waals surface area contributed by atoms with E-state index >= 15 is 0 Å². The molecule has 1 rings (SSSR count).